The molecule has 1 amide bonds. The SMILES string of the molecule is Cc1nc(CCCC(=O)N2CCCCC2CN)cs1. The van der Waals surface area contributed by atoms with Crippen molar-refractivity contribution in [2.45, 2.75) is 51.5 Å². The summed E-state index contributed by atoms with van der Waals surface area (Å²) in [5, 5.41) is 3.18. The zero-order valence-corrected chi connectivity index (χ0v) is 12.4. The van der Waals surface area contributed by atoms with E-state index in [-0.39, 0.29) is 11.9 Å². The van der Waals surface area contributed by atoms with Crippen molar-refractivity contribution in [1.82, 2.24) is 9.88 Å². The van der Waals surface area contributed by atoms with Crippen molar-refractivity contribution < 1.29 is 4.79 Å². The average Bonchev–Trinajstić information content (AvgIpc) is 2.84. The molecule has 1 saturated heterocycles. The summed E-state index contributed by atoms with van der Waals surface area (Å²) in [5.74, 6) is 0.266. The second-order valence-corrected chi connectivity index (χ2v) is 6.25. The standard InChI is InChI=1S/C14H23N3OS/c1-11-16-12(10-19-11)5-4-7-14(18)17-8-3-2-6-13(17)9-15/h10,13H,2-9,15H2,1H3. The Balaban J connectivity index is 1.77. The Kier molecular flexibility index (Phi) is 5.34. The third-order valence-corrected chi connectivity index (χ3v) is 4.53. The molecule has 0 spiro atoms. The summed E-state index contributed by atoms with van der Waals surface area (Å²) in [4.78, 5) is 18.6. The van der Waals surface area contributed by atoms with E-state index >= 15 is 0 Å². The number of hydrogen-bond donors (Lipinski definition) is 1. The molecule has 1 aliphatic heterocycles. The highest BCUT2D eigenvalue weighted by atomic mass is 32.1. The largest absolute Gasteiger partial charge is 0.338 e. The number of rotatable bonds is 5. The Morgan fingerprint density at radius 1 is 1.58 bits per heavy atom. The highest BCUT2D eigenvalue weighted by molar-refractivity contribution is 7.09. The fourth-order valence-corrected chi connectivity index (χ4v) is 3.31. The molecule has 1 aromatic rings. The van der Waals surface area contributed by atoms with E-state index in [0.29, 0.717) is 13.0 Å². The number of likely N-dealkylation sites (tertiary alicyclic amines) is 1. The molecular weight excluding hydrogens is 258 g/mol. The summed E-state index contributed by atoms with van der Waals surface area (Å²) >= 11 is 1.67. The van der Waals surface area contributed by atoms with Gasteiger partial charge in [-0.1, -0.05) is 0 Å². The van der Waals surface area contributed by atoms with E-state index in [9.17, 15) is 4.79 Å². The van der Waals surface area contributed by atoms with E-state index in [1.54, 1.807) is 11.3 Å². The van der Waals surface area contributed by atoms with Gasteiger partial charge in [-0.15, -0.1) is 11.3 Å². The van der Waals surface area contributed by atoms with Crippen molar-refractivity contribution in [2.75, 3.05) is 13.1 Å². The van der Waals surface area contributed by atoms with E-state index in [1.165, 1.54) is 6.42 Å². The lowest BCUT2D eigenvalue weighted by Gasteiger charge is -2.35. The Hall–Kier alpha value is -0.940. The van der Waals surface area contributed by atoms with Gasteiger partial charge in [0.25, 0.3) is 0 Å². The van der Waals surface area contributed by atoms with Crippen LogP contribution in [0.5, 0.6) is 0 Å². The third kappa shape index (κ3) is 4.01. The number of piperidine rings is 1. The van der Waals surface area contributed by atoms with Gasteiger partial charge < -0.3 is 10.6 Å². The van der Waals surface area contributed by atoms with Crippen LogP contribution in [-0.4, -0.2) is 34.9 Å². The summed E-state index contributed by atoms with van der Waals surface area (Å²) in [6.07, 6.45) is 5.78. The zero-order chi connectivity index (χ0) is 13.7. The number of nitrogens with zero attached hydrogens (tertiary/aromatic N) is 2. The number of carbonyl (C=O) groups is 1. The van der Waals surface area contributed by atoms with Crippen molar-refractivity contribution in [1.29, 1.82) is 0 Å². The first kappa shape index (κ1) is 14.5. The molecule has 0 aliphatic carbocycles. The molecule has 2 heterocycles. The van der Waals surface area contributed by atoms with Crippen molar-refractivity contribution in [3.63, 3.8) is 0 Å². The van der Waals surface area contributed by atoms with Gasteiger partial charge in [-0.25, -0.2) is 4.98 Å². The fraction of sp³-hybridized carbons (Fsp3) is 0.714. The van der Waals surface area contributed by atoms with Gasteiger partial charge >= 0.3 is 0 Å². The maximum atomic E-state index is 12.2. The maximum absolute atomic E-state index is 12.2. The second kappa shape index (κ2) is 7.01. The quantitative estimate of drug-likeness (QED) is 0.899. The summed E-state index contributed by atoms with van der Waals surface area (Å²) in [6, 6.07) is 0.266. The van der Waals surface area contributed by atoms with Crippen LogP contribution >= 0.6 is 11.3 Å². The number of hydrogen-bond acceptors (Lipinski definition) is 4. The first-order valence-corrected chi connectivity index (χ1v) is 7.99. The lowest BCUT2D eigenvalue weighted by molar-refractivity contribution is -0.134. The molecule has 0 bridgehead atoms. The molecule has 1 fully saturated rings. The van der Waals surface area contributed by atoms with Gasteiger partial charge in [0.1, 0.15) is 0 Å². The summed E-state index contributed by atoms with van der Waals surface area (Å²) in [6.45, 7) is 3.49. The van der Waals surface area contributed by atoms with Crippen molar-refractivity contribution in [2.24, 2.45) is 5.73 Å². The third-order valence-electron chi connectivity index (χ3n) is 3.71. The smallest absolute Gasteiger partial charge is 0.222 e. The zero-order valence-electron chi connectivity index (χ0n) is 11.6. The van der Waals surface area contributed by atoms with E-state index < -0.39 is 0 Å². The minimum atomic E-state index is 0.266. The van der Waals surface area contributed by atoms with Crippen LogP contribution in [0.4, 0.5) is 0 Å². The minimum absolute atomic E-state index is 0.266. The molecule has 19 heavy (non-hydrogen) atoms. The average molecular weight is 281 g/mol. The molecule has 1 aliphatic rings. The summed E-state index contributed by atoms with van der Waals surface area (Å²) in [7, 11) is 0. The van der Waals surface area contributed by atoms with Crippen LogP contribution in [-0.2, 0) is 11.2 Å². The number of thiazole rings is 1. The van der Waals surface area contributed by atoms with Gasteiger partial charge in [0, 0.05) is 30.9 Å². The Bertz CT molecular complexity index is 419. The molecule has 0 saturated carbocycles. The van der Waals surface area contributed by atoms with Crippen LogP contribution in [0.1, 0.15) is 42.8 Å². The van der Waals surface area contributed by atoms with Crippen LogP contribution in [0.2, 0.25) is 0 Å². The van der Waals surface area contributed by atoms with Crippen LogP contribution in [0.3, 0.4) is 0 Å². The van der Waals surface area contributed by atoms with Gasteiger partial charge in [0.15, 0.2) is 0 Å². The number of aromatic nitrogens is 1. The molecule has 1 aromatic heterocycles. The number of carbonyl (C=O) groups excluding carboxylic acids is 1. The molecule has 2 rings (SSSR count). The lowest BCUT2D eigenvalue weighted by Crippen LogP contribution is -2.47. The second-order valence-electron chi connectivity index (χ2n) is 5.18. The van der Waals surface area contributed by atoms with Crippen LogP contribution in [0.25, 0.3) is 0 Å². The number of amides is 1. The van der Waals surface area contributed by atoms with Crippen molar-refractivity contribution in [3.8, 4) is 0 Å². The number of nitrogens with two attached hydrogens (primary N) is 1. The van der Waals surface area contributed by atoms with E-state index in [4.69, 9.17) is 5.73 Å². The van der Waals surface area contributed by atoms with Crippen LogP contribution in [0.15, 0.2) is 5.38 Å². The van der Waals surface area contributed by atoms with Gasteiger partial charge in [-0.2, -0.15) is 0 Å². The topological polar surface area (TPSA) is 59.2 Å². The monoisotopic (exact) mass is 281 g/mol. The van der Waals surface area contributed by atoms with E-state index in [0.717, 1.165) is 42.9 Å². The highest BCUT2D eigenvalue weighted by Crippen LogP contribution is 2.18. The Labute approximate surface area is 119 Å². The molecule has 106 valence electrons. The maximum Gasteiger partial charge on any atom is 0.222 e. The minimum Gasteiger partial charge on any atom is -0.338 e. The molecular formula is C14H23N3OS. The molecule has 0 aromatic carbocycles. The van der Waals surface area contributed by atoms with Crippen molar-refractivity contribution >= 4 is 17.2 Å². The number of aryl methyl sites for hydroxylation is 2. The van der Waals surface area contributed by atoms with Gasteiger partial charge in [0.05, 0.1) is 10.7 Å². The molecule has 4 nitrogen and oxygen atoms in total. The molecule has 0 radical (unpaired) electrons. The first-order valence-electron chi connectivity index (χ1n) is 7.11. The Morgan fingerprint density at radius 3 is 3.11 bits per heavy atom. The van der Waals surface area contributed by atoms with Gasteiger partial charge in [-0.3, -0.25) is 4.79 Å². The molecule has 2 N–H and O–H groups in total. The van der Waals surface area contributed by atoms with E-state index in [2.05, 4.69) is 10.4 Å². The normalized spacial score (nSPS) is 19.7. The first-order chi connectivity index (χ1) is 9.20. The molecule has 5 heteroatoms. The predicted molar refractivity (Wildman–Crippen MR) is 78.2 cm³/mol. The lowest BCUT2D eigenvalue weighted by atomic mass is 10.0. The van der Waals surface area contributed by atoms with Crippen LogP contribution in [0, 0.1) is 6.92 Å². The summed E-state index contributed by atoms with van der Waals surface area (Å²) < 4.78 is 0. The van der Waals surface area contributed by atoms with Crippen LogP contribution < -0.4 is 5.73 Å². The fourth-order valence-electron chi connectivity index (χ4n) is 2.66. The van der Waals surface area contributed by atoms with Gasteiger partial charge in [0.2, 0.25) is 5.91 Å². The highest BCUT2D eigenvalue weighted by Gasteiger charge is 2.24. The van der Waals surface area contributed by atoms with E-state index in [1.807, 2.05) is 11.8 Å². The van der Waals surface area contributed by atoms with Gasteiger partial charge in [-0.05, 0) is 39.0 Å². The molecule has 1 unspecified atom stereocenters. The predicted octanol–water partition coefficient (Wildman–Crippen LogP) is 2.11. The van der Waals surface area contributed by atoms with Crippen molar-refractivity contribution in [3.05, 3.63) is 16.1 Å². The molecule has 1 atom stereocenters. The summed E-state index contributed by atoms with van der Waals surface area (Å²) in [5.41, 5.74) is 6.87. The Morgan fingerprint density at radius 2 is 2.42 bits per heavy atom.